The predicted octanol–water partition coefficient (Wildman–Crippen LogP) is 4.17. The summed E-state index contributed by atoms with van der Waals surface area (Å²) >= 11 is 0. The van der Waals surface area contributed by atoms with Crippen molar-refractivity contribution in [2.24, 2.45) is 0 Å². The van der Waals surface area contributed by atoms with E-state index in [4.69, 9.17) is 19.4 Å². The van der Waals surface area contributed by atoms with E-state index in [2.05, 4.69) is 19.9 Å². The lowest BCUT2D eigenvalue weighted by atomic mass is 10.2. The van der Waals surface area contributed by atoms with Gasteiger partial charge in [-0.25, -0.2) is 15.0 Å². The second-order valence-corrected chi connectivity index (χ2v) is 7.20. The van der Waals surface area contributed by atoms with Gasteiger partial charge in [-0.1, -0.05) is 0 Å². The number of nitrogens with one attached hydrogen (secondary N) is 1. The molecule has 0 bridgehead atoms. The van der Waals surface area contributed by atoms with Crippen LogP contribution in [0.1, 0.15) is 5.82 Å². The van der Waals surface area contributed by atoms with Crippen molar-refractivity contribution >= 4 is 22.7 Å². The Bertz CT molecular complexity index is 1350. The van der Waals surface area contributed by atoms with Gasteiger partial charge in [-0.2, -0.15) is 0 Å². The number of benzene rings is 1. The fourth-order valence-corrected chi connectivity index (χ4v) is 3.49. The summed E-state index contributed by atoms with van der Waals surface area (Å²) in [4.78, 5) is 27.8. The molecule has 0 aliphatic heterocycles. The molecule has 1 N–H and O–H groups in total. The van der Waals surface area contributed by atoms with Crippen LogP contribution in [-0.2, 0) is 6.54 Å². The second-order valence-electron chi connectivity index (χ2n) is 7.20. The highest BCUT2D eigenvalue weighted by Crippen LogP contribution is 2.33. The number of pyridine rings is 2. The van der Waals surface area contributed by atoms with Gasteiger partial charge in [0.1, 0.15) is 28.7 Å². The third kappa shape index (κ3) is 4.29. The van der Waals surface area contributed by atoms with E-state index >= 15 is 0 Å². The largest absolute Gasteiger partial charge is 0.497 e. The zero-order valence-corrected chi connectivity index (χ0v) is 18.1. The summed E-state index contributed by atoms with van der Waals surface area (Å²) in [5.74, 6) is 2.83. The molecule has 0 amide bonds. The van der Waals surface area contributed by atoms with Crippen LogP contribution in [0.4, 0.5) is 11.5 Å². The average molecular weight is 439 g/mol. The maximum atomic E-state index is 5.48. The van der Waals surface area contributed by atoms with Crippen molar-refractivity contribution in [3.05, 3.63) is 79.3 Å². The molecule has 9 heteroatoms. The molecule has 0 radical (unpaired) electrons. The highest BCUT2D eigenvalue weighted by molar-refractivity contribution is 5.77. The first-order valence-corrected chi connectivity index (χ1v) is 10.3. The molecule has 0 saturated carbocycles. The molecule has 33 heavy (non-hydrogen) atoms. The first kappa shape index (κ1) is 20.4. The molecule has 1 aromatic carbocycles. The first-order chi connectivity index (χ1) is 16.2. The molecular weight excluding hydrogens is 418 g/mol. The van der Waals surface area contributed by atoms with E-state index < -0.39 is 0 Å². The van der Waals surface area contributed by atoms with Crippen molar-refractivity contribution in [3.63, 3.8) is 0 Å². The number of ether oxygens (including phenoxy) is 2. The summed E-state index contributed by atoms with van der Waals surface area (Å²) in [6.07, 6.45) is 8.71. The minimum atomic E-state index is 0.458. The minimum absolute atomic E-state index is 0.458. The Labute approximate surface area is 190 Å². The predicted molar refractivity (Wildman–Crippen MR) is 125 cm³/mol. The Hall–Kier alpha value is -4.53. The normalized spacial score (nSPS) is 10.8. The van der Waals surface area contributed by atoms with Crippen molar-refractivity contribution in [1.29, 1.82) is 0 Å². The number of imidazole rings is 1. The van der Waals surface area contributed by atoms with Gasteiger partial charge in [0.25, 0.3) is 0 Å². The summed E-state index contributed by atoms with van der Waals surface area (Å²) in [6.45, 7) is 0.458. The quantitative estimate of drug-likeness (QED) is 0.403. The number of nitrogens with zero attached hydrogens (tertiary/aromatic N) is 6. The Morgan fingerprint density at radius 1 is 0.879 bits per heavy atom. The van der Waals surface area contributed by atoms with E-state index in [0.29, 0.717) is 35.0 Å². The maximum absolute atomic E-state index is 5.48. The molecule has 5 aromatic rings. The summed E-state index contributed by atoms with van der Waals surface area (Å²) in [5.41, 5.74) is 3.75. The van der Waals surface area contributed by atoms with Crippen LogP contribution in [0, 0.1) is 0 Å². The Kier molecular flexibility index (Phi) is 5.50. The van der Waals surface area contributed by atoms with E-state index in [-0.39, 0.29) is 0 Å². The van der Waals surface area contributed by atoms with E-state index in [1.54, 1.807) is 45.2 Å². The monoisotopic (exact) mass is 439 g/mol. The van der Waals surface area contributed by atoms with E-state index in [0.717, 1.165) is 22.8 Å². The summed E-state index contributed by atoms with van der Waals surface area (Å²) in [5, 5.41) is 0. The molecule has 4 aromatic heterocycles. The van der Waals surface area contributed by atoms with Gasteiger partial charge >= 0.3 is 0 Å². The topological polar surface area (TPSA) is 102 Å². The van der Waals surface area contributed by atoms with Crippen molar-refractivity contribution in [2.45, 2.75) is 6.54 Å². The SMILES string of the molecule is COc1cc(OC)cc(N(Cc2ncc[nH]2)c2ccc3ncc(-c4ccncc4)nc3n2)c1. The number of aromatic nitrogens is 6. The van der Waals surface area contributed by atoms with E-state index in [9.17, 15) is 0 Å². The fourth-order valence-electron chi connectivity index (χ4n) is 3.49. The van der Waals surface area contributed by atoms with Gasteiger partial charge in [-0.05, 0) is 24.3 Å². The number of rotatable bonds is 7. The van der Waals surface area contributed by atoms with Gasteiger partial charge in [0.05, 0.1) is 38.3 Å². The molecule has 5 rings (SSSR count). The van der Waals surface area contributed by atoms with Crippen LogP contribution in [0.3, 0.4) is 0 Å². The first-order valence-electron chi connectivity index (χ1n) is 10.3. The van der Waals surface area contributed by atoms with Crippen LogP contribution in [-0.4, -0.2) is 44.1 Å². The zero-order chi connectivity index (χ0) is 22.6. The Balaban J connectivity index is 1.62. The van der Waals surface area contributed by atoms with Crippen LogP contribution in [0.15, 0.2) is 73.4 Å². The number of anilines is 2. The van der Waals surface area contributed by atoms with E-state index in [1.165, 1.54) is 0 Å². The third-order valence-electron chi connectivity index (χ3n) is 5.16. The second kappa shape index (κ2) is 8.91. The lowest BCUT2D eigenvalue weighted by Gasteiger charge is -2.24. The molecule has 0 spiro atoms. The number of fused-ring (bicyclic) bond motifs is 1. The van der Waals surface area contributed by atoms with Crippen molar-refractivity contribution in [1.82, 2.24) is 29.9 Å². The molecule has 164 valence electrons. The Morgan fingerprint density at radius 2 is 1.67 bits per heavy atom. The summed E-state index contributed by atoms with van der Waals surface area (Å²) in [6, 6.07) is 13.3. The number of H-pyrrole nitrogens is 1. The molecule has 0 fully saturated rings. The molecule has 9 nitrogen and oxygen atoms in total. The summed E-state index contributed by atoms with van der Waals surface area (Å²) in [7, 11) is 3.25. The van der Waals surface area contributed by atoms with Gasteiger partial charge in [-0.3, -0.25) is 9.97 Å². The molecular formula is C24H21N7O2. The zero-order valence-electron chi connectivity index (χ0n) is 18.1. The van der Waals surface area contributed by atoms with Gasteiger partial charge in [0.2, 0.25) is 0 Å². The Morgan fingerprint density at radius 3 is 2.36 bits per heavy atom. The van der Waals surface area contributed by atoms with Crippen LogP contribution in [0.25, 0.3) is 22.4 Å². The smallest absolute Gasteiger partial charge is 0.180 e. The minimum Gasteiger partial charge on any atom is -0.497 e. The standard InChI is InChI=1S/C24H21N7O2/c1-32-18-11-17(12-19(13-18)33-2)31(15-22-26-9-10-27-22)23-4-3-20-24(30-23)29-21(14-28-20)16-5-7-25-8-6-16/h3-14H,15H2,1-2H3,(H,26,27). The van der Waals surface area contributed by atoms with Crippen molar-refractivity contribution < 1.29 is 9.47 Å². The lowest BCUT2D eigenvalue weighted by molar-refractivity contribution is 0.394. The number of hydrogen-bond acceptors (Lipinski definition) is 8. The van der Waals surface area contributed by atoms with Crippen LogP contribution >= 0.6 is 0 Å². The lowest BCUT2D eigenvalue weighted by Crippen LogP contribution is -2.19. The molecule has 0 aliphatic rings. The maximum Gasteiger partial charge on any atom is 0.180 e. The highest BCUT2D eigenvalue weighted by Gasteiger charge is 2.17. The van der Waals surface area contributed by atoms with Gasteiger partial charge in [-0.15, -0.1) is 0 Å². The van der Waals surface area contributed by atoms with Crippen LogP contribution < -0.4 is 14.4 Å². The number of methoxy groups -OCH3 is 2. The molecule has 0 aliphatic carbocycles. The van der Waals surface area contributed by atoms with Gasteiger partial charge < -0.3 is 19.4 Å². The molecule has 4 heterocycles. The van der Waals surface area contributed by atoms with E-state index in [1.807, 2.05) is 47.4 Å². The van der Waals surface area contributed by atoms with Gasteiger partial charge in [0, 0.05) is 48.5 Å². The molecule has 0 atom stereocenters. The average Bonchev–Trinajstić information content (AvgIpc) is 3.40. The van der Waals surface area contributed by atoms with Crippen molar-refractivity contribution in [2.75, 3.05) is 19.1 Å². The molecule has 0 unspecified atom stereocenters. The molecule has 0 saturated heterocycles. The highest BCUT2D eigenvalue weighted by atomic mass is 16.5. The van der Waals surface area contributed by atoms with Gasteiger partial charge in [0.15, 0.2) is 5.65 Å². The fraction of sp³-hybridized carbons (Fsp3) is 0.125. The van der Waals surface area contributed by atoms with Crippen LogP contribution in [0.5, 0.6) is 11.5 Å². The van der Waals surface area contributed by atoms with Crippen LogP contribution in [0.2, 0.25) is 0 Å². The number of aromatic amines is 1. The third-order valence-corrected chi connectivity index (χ3v) is 5.16. The van der Waals surface area contributed by atoms with Crippen molar-refractivity contribution in [3.8, 4) is 22.8 Å². The summed E-state index contributed by atoms with van der Waals surface area (Å²) < 4.78 is 11.0. The number of hydrogen-bond donors (Lipinski definition) is 1.